The lowest BCUT2D eigenvalue weighted by Crippen LogP contribution is -2.27. The summed E-state index contributed by atoms with van der Waals surface area (Å²) < 4.78 is 4.33. The van der Waals surface area contributed by atoms with Gasteiger partial charge in [0.1, 0.15) is 24.5 Å². The van der Waals surface area contributed by atoms with Crippen molar-refractivity contribution in [2.45, 2.75) is 26.4 Å². The largest absolute Gasteiger partial charge is 0.477 e. The Kier molecular flexibility index (Phi) is 3.65. The zero-order valence-corrected chi connectivity index (χ0v) is 13.9. The Morgan fingerprint density at radius 1 is 1.36 bits per heavy atom. The van der Waals surface area contributed by atoms with Gasteiger partial charge in [0.15, 0.2) is 5.69 Å². The molecule has 1 aliphatic heterocycles. The summed E-state index contributed by atoms with van der Waals surface area (Å²) in [5, 5.41) is 12.5. The number of hydrogen-bond donors (Lipinski definition) is 3. The van der Waals surface area contributed by atoms with E-state index in [9.17, 15) is 9.59 Å². The van der Waals surface area contributed by atoms with Crippen LogP contribution in [-0.2, 0) is 19.5 Å². The number of hydrogen-bond acceptors (Lipinski definition) is 3. The summed E-state index contributed by atoms with van der Waals surface area (Å²) in [6.07, 6.45) is 4.69. The van der Waals surface area contributed by atoms with E-state index in [1.54, 1.807) is 0 Å². The maximum absolute atomic E-state index is 12.1. The molecule has 3 aromatic heterocycles. The van der Waals surface area contributed by atoms with Crippen molar-refractivity contribution in [3.63, 3.8) is 0 Å². The number of imidazole rings is 1. The standard InChI is InChI=1S/C18H18N4O3/c1-2-11-7-14(18(24)25)17(23)20-16(11)12-3-4-15-21(9-12)10-13-8-19-5-6-22(13)15/h3-4,7,9-10,19H,2,5-6,8H2,1H3,(H-,20,23,24,25)/p+1. The van der Waals surface area contributed by atoms with Gasteiger partial charge in [0.05, 0.1) is 12.2 Å². The number of aromatic carboxylic acids is 1. The Bertz CT molecular complexity index is 1050. The highest BCUT2D eigenvalue weighted by atomic mass is 16.4. The van der Waals surface area contributed by atoms with Crippen LogP contribution in [0.4, 0.5) is 0 Å². The van der Waals surface area contributed by atoms with Crippen LogP contribution in [0.15, 0.2) is 35.4 Å². The third-order valence-corrected chi connectivity index (χ3v) is 4.71. The van der Waals surface area contributed by atoms with Crippen molar-refractivity contribution in [3.05, 3.63) is 57.8 Å². The number of nitrogens with one attached hydrogen (secondary N) is 2. The van der Waals surface area contributed by atoms with Gasteiger partial charge in [-0.3, -0.25) is 4.79 Å². The number of aryl methyl sites for hydroxylation is 1. The summed E-state index contributed by atoms with van der Waals surface area (Å²) in [5.74, 6) is -1.21. The molecule has 0 radical (unpaired) electrons. The predicted molar refractivity (Wildman–Crippen MR) is 91.7 cm³/mol. The van der Waals surface area contributed by atoms with Gasteiger partial charge in [-0.15, -0.1) is 0 Å². The molecule has 3 aromatic rings. The lowest BCUT2D eigenvalue weighted by Gasteiger charge is -2.10. The molecular weight excluding hydrogens is 320 g/mol. The number of aromatic nitrogens is 3. The first-order valence-electron chi connectivity index (χ1n) is 8.32. The molecule has 3 N–H and O–H groups in total. The number of carboxylic acids is 1. The molecule has 0 aromatic carbocycles. The van der Waals surface area contributed by atoms with Gasteiger partial charge in [-0.05, 0) is 24.1 Å². The van der Waals surface area contributed by atoms with Crippen LogP contribution in [-0.4, -0.2) is 27.2 Å². The minimum atomic E-state index is -1.21. The molecular formula is C18H19N4O3+. The topological polar surface area (TPSA) is 91.2 Å². The first-order valence-corrected chi connectivity index (χ1v) is 8.32. The van der Waals surface area contributed by atoms with Crippen molar-refractivity contribution in [2.24, 2.45) is 0 Å². The molecule has 4 rings (SSSR count). The highest BCUT2D eigenvalue weighted by Crippen LogP contribution is 2.21. The lowest BCUT2D eigenvalue weighted by atomic mass is 10.0. The van der Waals surface area contributed by atoms with Gasteiger partial charge in [-0.1, -0.05) is 6.92 Å². The number of aromatic amines is 1. The van der Waals surface area contributed by atoms with E-state index in [4.69, 9.17) is 5.11 Å². The summed E-state index contributed by atoms with van der Waals surface area (Å²) in [5.41, 5.74) is 3.86. The highest BCUT2D eigenvalue weighted by molar-refractivity contribution is 5.88. The summed E-state index contributed by atoms with van der Waals surface area (Å²) in [4.78, 5) is 26.0. The average molecular weight is 339 g/mol. The Labute approximate surface area is 143 Å². The molecule has 0 aliphatic carbocycles. The fourth-order valence-electron chi connectivity index (χ4n) is 3.44. The van der Waals surface area contributed by atoms with E-state index < -0.39 is 11.5 Å². The van der Waals surface area contributed by atoms with Gasteiger partial charge in [0.2, 0.25) is 0 Å². The second-order valence-corrected chi connectivity index (χ2v) is 6.20. The van der Waals surface area contributed by atoms with Gasteiger partial charge in [-0.2, -0.15) is 0 Å². The molecule has 0 amide bonds. The number of H-pyrrole nitrogens is 1. The fourth-order valence-corrected chi connectivity index (χ4v) is 3.44. The van der Waals surface area contributed by atoms with Crippen molar-refractivity contribution in [2.75, 3.05) is 6.54 Å². The average Bonchev–Trinajstić information content (AvgIpc) is 2.98. The van der Waals surface area contributed by atoms with E-state index in [2.05, 4.69) is 25.5 Å². The lowest BCUT2D eigenvalue weighted by molar-refractivity contribution is -0.510. The van der Waals surface area contributed by atoms with Crippen LogP contribution in [0.2, 0.25) is 0 Å². The van der Waals surface area contributed by atoms with E-state index in [1.165, 1.54) is 11.8 Å². The number of pyridine rings is 2. The molecule has 4 heterocycles. The molecule has 0 unspecified atom stereocenters. The third-order valence-electron chi connectivity index (χ3n) is 4.71. The number of rotatable bonds is 3. The zero-order chi connectivity index (χ0) is 17.6. The van der Waals surface area contributed by atoms with E-state index in [-0.39, 0.29) is 5.56 Å². The van der Waals surface area contributed by atoms with Crippen LogP contribution >= 0.6 is 0 Å². The van der Waals surface area contributed by atoms with Gasteiger partial charge in [0.25, 0.3) is 11.2 Å². The molecule has 0 saturated heterocycles. The Hall–Kier alpha value is -2.93. The van der Waals surface area contributed by atoms with E-state index in [0.29, 0.717) is 12.1 Å². The summed E-state index contributed by atoms with van der Waals surface area (Å²) in [7, 11) is 0. The van der Waals surface area contributed by atoms with Gasteiger partial charge >= 0.3 is 5.97 Å². The molecule has 0 atom stereocenters. The van der Waals surface area contributed by atoms with Gasteiger partial charge in [-0.25, -0.2) is 13.8 Å². The number of fused-ring (bicyclic) bond motifs is 3. The Balaban J connectivity index is 1.88. The quantitative estimate of drug-likeness (QED) is 0.620. The maximum Gasteiger partial charge on any atom is 0.341 e. The molecule has 128 valence electrons. The molecule has 0 bridgehead atoms. The van der Waals surface area contributed by atoms with Crippen LogP contribution in [0.25, 0.3) is 16.9 Å². The smallest absolute Gasteiger partial charge is 0.341 e. The Morgan fingerprint density at radius 2 is 2.20 bits per heavy atom. The summed E-state index contributed by atoms with van der Waals surface area (Å²) in [6, 6.07) is 5.47. The SMILES string of the molecule is CCc1cc(C(=O)O)c(=O)[nH]c1-c1ccc2n3c(c[n+]2c1)CNCC3. The third kappa shape index (κ3) is 2.53. The first-order chi connectivity index (χ1) is 12.1. The molecule has 25 heavy (non-hydrogen) atoms. The summed E-state index contributed by atoms with van der Waals surface area (Å²) in [6.45, 7) is 4.65. The predicted octanol–water partition coefficient (Wildman–Crippen LogP) is 0.946. The first kappa shape index (κ1) is 15.6. The van der Waals surface area contributed by atoms with Crippen molar-refractivity contribution in [1.82, 2.24) is 14.9 Å². The fraction of sp³-hybridized carbons (Fsp3) is 0.278. The minimum absolute atomic E-state index is 0.222. The van der Waals surface area contributed by atoms with E-state index >= 15 is 0 Å². The van der Waals surface area contributed by atoms with E-state index in [1.807, 2.05) is 25.3 Å². The normalized spacial score (nSPS) is 13.8. The number of carboxylic acid groups (broad SMARTS) is 1. The second-order valence-electron chi connectivity index (χ2n) is 6.20. The van der Waals surface area contributed by atoms with Crippen molar-refractivity contribution >= 4 is 11.6 Å². The molecule has 1 aliphatic rings. The maximum atomic E-state index is 12.1. The highest BCUT2D eigenvalue weighted by Gasteiger charge is 2.21. The van der Waals surface area contributed by atoms with Crippen LogP contribution in [0, 0.1) is 0 Å². The molecule has 0 saturated carbocycles. The minimum Gasteiger partial charge on any atom is -0.477 e. The Morgan fingerprint density at radius 3 is 2.96 bits per heavy atom. The van der Waals surface area contributed by atoms with Gasteiger partial charge < -0.3 is 15.4 Å². The monoisotopic (exact) mass is 339 g/mol. The number of carbonyl (C=O) groups is 1. The zero-order valence-electron chi connectivity index (χ0n) is 13.9. The van der Waals surface area contributed by atoms with Crippen molar-refractivity contribution in [1.29, 1.82) is 0 Å². The number of nitrogens with zero attached hydrogens (tertiary/aromatic N) is 2. The van der Waals surface area contributed by atoms with Crippen molar-refractivity contribution in [3.8, 4) is 11.3 Å². The van der Waals surface area contributed by atoms with Crippen LogP contribution < -0.4 is 15.3 Å². The van der Waals surface area contributed by atoms with Crippen LogP contribution in [0.5, 0.6) is 0 Å². The van der Waals surface area contributed by atoms with E-state index in [0.717, 1.165) is 36.4 Å². The molecule has 7 heteroatoms. The van der Waals surface area contributed by atoms with Crippen molar-refractivity contribution < 1.29 is 14.3 Å². The molecule has 7 nitrogen and oxygen atoms in total. The second kappa shape index (κ2) is 5.86. The van der Waals surface area contributed by atoms with Gasteiger partial charge in [0, 0.05) is 18.2 Å². The molecule has 0 spiro atoms. The van der Waals surface area contributed by atoms with Crippen LogP contribution in [0.1, 0.15) is 28.5 Å². The van der Waals surface area contributed by atoms with Crippen LogP contribution in [0.3, 0.4) is 0 Å². The summed E-state index contributed by atoms with van der Waals surface area (Å²) >= 11 is 0. The molecule has 0 fully saturated rings.